The third kappa shape index (κ3) is 3.94. The van der Waals surface area contributed by atoms with Gasteiger partial charge in [-0.3, -0.25) is 0 Å². The second-order valence-corrected chi connectivity index (χ2v) is 7.02. The van der Waals surface area contributed by atoms with E-state index in [1.54, 1.807) is 0 Å². The first kappa shape index (κ1) is 14.8. The first-order valence-corrected chi connectivity index (χ1v) is 8.71. The second-order valence-electron chi connectivity index (χ2n) is 6.04. The lowest BCUT2D eigenvalue weighted by Crippen LogP contribution is -2.38. The summed E-state index contributed by atoms with van der Waals surface area (Å²) in [5.74, 6) is 0.773. The molecule has 1 aromatic heterocycles. The number of rotatable bonds is 5. The van der Waals surface area contributed by atoms with Crippen LogP contribution >= 0.6 is 11.3 Å². The van der Waals surface area contributed by atoms with Crippen LogP contribution in [0, 0.1) is 5.92 Å². The number of nitrogens with one attached hydrogen (secondary N) is 1. The highest BCUT2D eigenvalue weighted by atomic mass is 32.1. The predicted octanol–water partition coefficient (Wildman–Crippen LogP) is 3.77. The Bertz CT molecular complexity index is 523. The van der Waals surface area contributed by atoms with Crippen LogP contribution in [-0.4, -0.2) is 31.6 Å². The van der Waals surface area contributed by atoms with Gasteiger partial charge >= 0.3 is 0 Å². The van der Waals surface area contributed by atoms with Crippen LogP contribution in [0.1, 0.15) is 29.3 Å². The van der Waals surface area contributed by atoms with E-state index in [1.165, 1.54) is 36.4 Å². The monoisotopic (exact) mass is 300 g/mol. The van der Waals surface area contributed by atoms with Crippen molar-refractivity contribution in [1.29, 1.82) is 0 Å². The Kier molecular flexibility index (Phi) is 5.07. The Balaban J connectivity index is 1.68. The van der Waals surface area contributed by atoms with E-state index in [0.29, 0.717) is 6.04 Å². The standard InChI is InChI=1S/C18H24N2S/c1-20-11-5-7-15(14-20)13-19-18(17-10-6-12-21-17)16-8-3-2-4-9-16/h2-4,6,8-10,12,15,18-19H,5,7,11,13-14H2,1H3. The summed E-state index contributed by atoms with van der Waals surface area (Å²) in [5.41, 5.74) is 1.36. The van der Waals surface area contributed by atoms with Gasteiger partial charge in [0.05, 0.1) is 6.04 Å². The quantitative estimate of drug-likeness (QED) is 0.904. The molecule has 112 valence electrons. The van der Waals surface area contributed by atoms with Gasteiger partial charge in [-0.2, -0.15) is 0 Å². The Hall–Kier alpha value is -1.16. The van der Waals surface area contributed by atoms with Crippen molar-refractivity contribution in [3.63, 3.8) is 0 Å². The molecule has 1 aromatic carbocycles. The van der Waals surface area contributed by atoms with Crippen LogP contribution in [0.3, 0.4) is 0 Å². The average molecular weight is 300 g/mol. The van der Waals surface area contributed by atoms with Gasteiger partial charge in [0.15, 0.2) is 0 Å². The largest absolute Gasteiger partial charge is 0.306 e. The molecule has 21 heavy (non-hydrogen) atoms. The zero-order valence-corrected chi connectivity index (χ0v) is 13.5. The fourth-order valence-corrected chi connectivity index (χ4v) is 4.03. The Morgan fingerprint density at radius 2 is 2.10 bits per heavy atom. The molecule has 0 spiro atoms. The third-order valence-corrected chi connectivity index (χ3v) is 5.23. The van der Waals surface area contributed by atoms with Crippen molar-refractivity contribution >= 4 is 11.3 Å². The molecule has 0 aliphatic carbocycles. The van der Waals surface area contributed by atoms with E-state index in [4.69, 9.17) is 0 Å². The normalized spacial score (nSPS) is 21.3. The van der Waals surface area contributed by atoms with E-state index in [9.17, 15) is 0 Å². The molecule has 1 aliphatic rings. The van der Waals surface area contributed by atoms with Crippen LogP contribution in [0.2, 0.25) is 0 Å². The summed E-state index contributed by atoms with van der Waals surface area (Å²) < 4.78 is 0. The lowest BCUT2D eigenvalue weighted by Gasteiger charge is -2.31. The molecule has 2 aromatic rings. The molecule has 2 nitrogen and oxygen atoms in total. The molecule has 0 amide bonds. The first-order chi connectivity index (χ1) is 10.3. The molecule has 0 bridgehead atoms. The molecule has 3 rings (SSSR count). The van der Waals surface area contributed by atoms with Gasteiger partial charge in [-0.1, -0.05) is 36.4 Å². The first-order valence-electron chi connectivity index (χ1n) is 7.83. The summed E-state index contributed by atoms with van der Waals surface area (Å²) in [6.07, 6.45) is 2.68. The molecule has 1 saturated heterocycles. The molecule has 1 fully saturated rings. The van der Waals surface area contributed by atoms with E-state index in [-0.39, 0.29) is 0 Å². The molecule has 2 atom stereocenters. The fourth-order valence-electron chi connectivity index (χ4n) is 3.21. The summed E-state index contributed by atoms with van der Waals surface area (Å²) in [6.45, 7) is 3.57. The van der Waals surface area contributed by atoms with Gasteiger partial charge in [0.25, 0.3) is 0 Å². The maximum absolute atomic E-state index is 3.81. The Morgan fingerprint density at radius 1 is 1.24 bits per heavy atom. The molecule has 1 N–H and O–H groups in total. The van der Waals surface area contributed by atoms with Crippen LogP contribution < -0.4 is 5.32 Å². The highest BCUT2D eigenvalue weighted by molar-refractivity contribution is 7.10. The van der Waals surface area contributed by atoms with Crippen LogP contribution in [0.25, 0.3) is 0 Å². The highest BCUT2D eigenvalue weighted by Gasteiger charge is 2.20. The number of hydrogen-bond donors (Lipinski definition) is 1. The smallest absolute Gasteiger partial charge is 0.0671 e. The molecule has 0 saturated carbocycles. The Morgan fingerprint density at radius 3 is 2.81 bits per heavy atom. The molecular weight excluding hydrogens is 276 g/mol. The van der Waals surface area contributed by atoms with Crippen molar-refractivity contribution < 1.29 is 0 Å². The van der Waals surface area contributed by atoms with Crippen LogP contribution in [0.4, 0.5) is 0 Å². The van der Waals surface area contributed by atoms with E-state index in [0.717, 1.165) is 12.5 Å². The van der Waals surface area contributed by atoms with Gasteiger partial charge in [0.1, 0.15) is 0 Å². The van der Waals surface area contributed by atoms with Crippen molar-refractivity contribution in [1.82, 2.24) is 10.2 Å². The molecule has 0 radical (unpaired) electrons. The van der Waals surface area contributed by atoms with Crippen molar-refractivity contribution in [2.24, 2.45) is 5.92 Å². The summed E-state index contributed by atoms with van der Waals surface area (Å²) >= 11 is 1.84. The lowest BCUT2D eigenvalue weighted by atomic mass is 9.97. The molecular formula is C18H24N2S. The van der Waals surface area contributed by atoms with Gasteiger partial charge < -0.3 is 10.2 Å². The van der Waals surface area contributed by atoms with Crippen LogP contribution in [-0.2, 0) is 0 Å². The van der Waals surface area contributed by atoms with E-state index in [1.807, 2.05) is 11.3 Å². The minimum Gasteiger partial charge on any atom is -0.306 e. The predicted molar refractivity (Wildman–Crippen MR) is 90.8 cm³/mol. The number of benzene rings is 1. The van der Waals surface area contributed by atoms with Crippen molar-refractivity contribution in [3.05, 3.63) is 58.3 Å². The van der Waals surface area contributed by atoms with Gasteiger partial charge in [-0.05, 0) is 49.4 Å². The number of nitrogens with zero attached hydrogens (tertiary/aromatic N) is 1. The second kappa shape index (κ2) is 7.21. The zero-order valence-electron chi connectivity index (χ0n) is 12.7. The minimum absolute atomic E-state index is 0.332. The number of hydrogen-bond acceptors (Lipinski definition) is 3. The van der Waals surface area contributed by atoms with Gasteiger partial charge in [-0.25, -0.2) is 0 Å². The summed E-state index contributed by atoms with van der Waals surface area (Å²) in [6, 6.07) is 15.5. The molecule has 3 heteroatoms. The summed E-state index contributed by atoms with van der Waals surface area (Å²) in [5, 5.41) is 5.98. The SMILES string of the molecule is CN1CCCC(CNC(c2ccccc2)c2cccs2)C1. The maximum atomic E-state index is 3.81. The topological polar surface area (TPSA) is 15.3 Å². The van der Waals surface area contributed by atoms with E-state index in [2.05, 4.69) is 65.1 Å². The number of piperidine rings is 1. The third-order valence-electron chi connectivity index (χ3n) is 4.29. The van der Waals surface area contributed by atoms with Crippen LogP contribution in [0.5, 0.6) is 0 Å². The molecule has 1 aliphatic heterocycles. The number of thiophene rings is 1. The minimum atomic E-state index is 0.332. The van der Waals surface area contributed by atoms with Gasteiger partial charge in [-0.15, -0.1) is 11.3 Å². The zero-order chi connectivity index (χ0) is 14.5. The van der Waals surface area contributed by atoms with Crippen molar-refractivity contribution in [2.45, 2.75) is 18.9 Å². The van der Waals surface area contributed by atoms with Gasteiger partial charge in [0, 0.05) is 18.0 Å². The Labute approximate surface area is 131 Å². The summed E-state index contributed by atoms with van der Waals surface area (Å²) in [4.78, 5) is 3.86. The highest BCUT2D eigenvalue weighted by Crippen LogP contribution is 2.26. The van der Waals surface area contributed by atoms with Crippen molar-refractivity contribution in [2.75, 3.05) is 26.7 Å². The lowest BCUT2D eigenvalue weighted by molar-refractivity contribution is 0.204. The average Bonchev–Trinajstić information content (AvgIpc) is 3.03. The van der Waals surface area contributed by atoms with E-state index < -0.39 is 0 Å². The molecule has 2 heterocycles. The van der Waals surface area contributed by atoms with E-state index >= 15 is 0 Å². The molecule has 2 unspecified atom stereocenters. The van der Waals surface area contributed by atoms with Crippen molar-refractivity contribution in [3.8, 4) is 0 Å². The van der Waals surface area contributed by atoms with Crippen LogP contribution in [0.15, 0.2) is 47.8 Å². The fraction of sp³-hybridized carbons (Fsp3) is 0.444. The van der Waals surface area contributed by atoms with Gasteiger partial charge in [0.2, 0.25) is 0 Å². The summed E-state index contributed by atoms with van der Waals surface area (Å²) in [7, 11) is 2.24. The number of likely N-dealkylation sites (tertiary alicyclic amines) is 1. The maximum Gasteiger partial charge on any atom is 0.0671 e.